The lowest BCUT2D eigenvalue weighted by atomic mass is 9.89. The van der Waals surface area contributed by atoms with Gasteiger partial charge in [-0.1, -0.05) is 41.0 Å². The highest BCUT2D eigenvalue weighted by Crippen LogP contribution is 2.29. The standard InChI is InChI=1S/C29H54N4O7/c1-12-18(4)24(32(9)27(36)23(17(2)3)31-28(37)40-29(6,7)8)21(38-10)16-22(34)33-15-13-14-20(33)25(39-11)19(5)26(30)35/h17-21,23-25H,12-16H2,1-11H3,(H2,30,35)(H,31,37). The van der Waals surface area contributed by atoms with Gasteiger partial charge in [0.15, 0.2) is 0 Å². The van der Waals surface area contributed by atoms with Gasteiger partial charge in [0.1, 0.15) is 11.6 Å². The summed E-state index contributed by atoms with van der Waals surface area (Å²) in [5.41, 5.74) is 4.84. The first-order valence-corrected chi connectivity index (χ1v) is 14.4. The maximum absolute atomic E-state index is 13.8. The monoisotopic (exact) mass is 570 g/mol. The molecule has 7 unspecified atom stereocenters. The number of ether oxygens (including phenoxy) is 3. The Morgan fingerprint density at radius 3 is 2.12 bits per heavy atom. The number of likely N-dealkylation sites (tertiary alicyclic amines) is 1. The number of amides is 4. The summed E-state index contributed by atoms with van der Waals surface area (Å²) >= 11 is 0. The van der Waals surface area contributed by atoms with Gasteiger partial charge in [0, 0.05) is 27.8 Å². The number of methoxy groups -OCH3 is 2. The van der Waals surface area contributed by atoms with Crippen LogP contribution in [-0.4, -0.2) is 97.4 Å². The lowest BCUT2D eigenvalue weighted by Crippen LogP contribution is -2.58. The molecule has 0 saturated carbocycles. The number of alkyl carbamates (subject to hydrolysis) is 1. The summed E-state index contributed by atoms with van der Waals surface area (Å²) in [6, 6.07) is -1.53. The maximum Gasteiger partial charge on any atom is 0.408 e. The number of nitrogens with one attached hydrogen (secondary N) is 1. The minimum Gasteiger partial charge on any atom is -0.444 e. The number of carbonyl (C=O) groups is 4. The highest BCUT2D eigenvalue weighted by molar-refractivity contribution is 5.86. The van der Waals surface area contributed by atoms with E-state index in [1.165, 1.54) is 7.11 Å². The van der Waals surface area contributed by atoms with Crippen molar-refractivity contribution in [3.63, 3.8) is 0 Å². The molecule has 0 aliphatic carbocycles. The number of primary amides is 1. The number of hydrogen-bond donors (Lipinski definition) is 2. The van der Waals surface area contributed by atoms with Gasteiger partial charge in [-0.3, -0.25) is 14.4 Å². The van der Waals surface area contributed by atoms with Crippen LogP contribution < -0.4 is 11.1 Å². The van der Waals surface area contributed by atoms with E-state index in [9.17, 15) is 19.2 Å². The van der Waals surface area contributed by atoms with Crippen LogP contribution in [-0.2, 0) is 28.6 Å². The molecule has 11 heteroatoms. The van der Waals surface area contributed by atoms with Crippen molar-refractivity contribution in [1.29, 1.82) is 0 Å². The zero-order chi connectivity index (χ0) is 30.9. The second-order valence-corrected chi connectivity index (χ2v) is 12.4. The maximum atomic E-state index is 13.8. The molecule has 0 aromatic heterocycles. The Labute approximate surface area is 240 Å². The Bertz CT molecular complexity index is 860. The van der Waals surface area contributed by atoms with Crippen LogP contribution in [0.3, 0.4) is 0 Å². The summed E-state index contributed by atoms with van der Waals surface area (Å²) in [7, 11) is 4.76. The van der Waals surface area contributed by atoms with Crippen LogP contribution in [0.5, 0.6) is 0 Å². The van der Waals surface area contributed by atoms with Crippen molar-refractivity contribution in [3.8, 4) is 0 Å². The normalized spacial score (nSPS) is 20.3. The summed E-state index contributed by atoms with van der Waals surface area (Å²) in [5.74, 6) is -1.64. The average Bonchev–Trinajstić information content (AvgIpc) is 3.34. The molecule has 0 aromatic carbocycles. The minimum atomic E-state index is -0.819. The lowest BCUT2D eigenvalue weighted by molar-refractivity contribution is -0.146. The number of likely N-dealkylation sites (N-methyl/N-ethyl adjacent to an activating group) is 1. The average molecular weight is 571 g/mol. The Morgan fingerprint density at radius 1 is 1.07 bits per heavy atom. The zero-order valence-electron chi connectivity index (χ0n) is 26.5. The van der Waals surface area contributed by atoms with Crippen molar-refractivity contribution in [1.82, 2.24) is 15.1 Å². The molecule has 1 aliphatic rings. The van der Waals surface area contributed by atoms with Crippen molar-refractivity contribution in [3.05, 3.63) is 0 Å². The number of nitrogens with zero attached hydrogens (tertiary/aromatic N) is 2. The summed E-state index contributed by atoms with van der Waals surface area (Å²) in [6.07, 6.45) is 0.526. The Hall–Kier alpha value is -2.40. The molecule has 1 saturated heterocycles. The van der Waals surface area contributed by atoms with Crippen molar-refractivity contribution < 1.29 is 33.4 Å². The van der Waals surface area contributed by atoms with E-state index >= 15 is 0 Å². The number of nitrogens with two attached hydrogens (primary N) is 1. The van der Waals surface area contributed by atoms with Crippen molar-refractivity contribution in [2.75, 3.05) is 27.8 Å². The van der Waals surface area contributed by atoms with E-state index in [4.69, 9.17) is 19.9 Å². The molecule has 1 fully saturated rings. The first-order chi connectivity index (χ1) is 18.5. The molecule has 11 nitrogen and oxygen atoms in total. The molecule has 3 N–H and O–H groups in total. The van der Waals surface area contributed by atoms with Gasteiger partial charge in [-0.25, -0.2) is 4.79 Å². The first-order valence-electron chi connectivity index (χ1n) is 14.4. The molecule has 40 heavy (non-hydrogen) atoms. The summed E-state index contributed by atoms with van der Waals surface area (Å²) in [6.45, 7) is 15.3. The Morgan fingerprint density at radius 2 is 1.68 bits per heavy atom. The topological polar surface area (TPSA) is 140 Å². The quantitative estimate of drug-likeness (QED) is 0.327. The predicted molar refractivity (Wildman–Crippen MR) is 153 cm³/mol. The molecule has 4 amide bonds. The molecular weight excluding hydrogens is 516 g/mol. The molecule has 7 atom stereocenters. The fraction of sp³-hybridized carbons (Fsp3) is 0.862. The number of carbonyl (C=O) groups excluding carboxylic acids is 4. The van der Waals surface area contributed by atoms with Crippen LogP contribution in [0.1, 0.15) is 81.1 Å². The van der Waals surface area contributed by atoms with Gasteiger partial charge < -0.3 is 35.1 Å². The van der Waals surface area contributed by atoms with E-state index in [0.29, 0.717) is 13.0 Å². The van der Waals surface area contributed by atoms with Crippen LogP contribution in [0, 0.1) is 17.8 Å². The third-order valence-corrected chi connectivity index (χ3v) is 7.90. The Kier molecular flexibility index (Phi) is 13.9. The molecule has 1 heterocycles. The molecule has 1 rings (SSSR count). The van der Waals surface area contributed by atoms with Gasteiger partial charge in [0.05, 0.1) is 36.6 Å². The lowest BCUT2D eigenvalue weighted by Gasteiger charge is -2.40. The van der Waals surface area contributed by atoms with Gasteiger partial charge in [0.2, 0.25) is 17.7 Å². The Balaban J connectivity index is 3.20. The summed E-state index contributed by atoms with van der Waals surface area (Å²) < 4.78 is 16.9. The van der Waals surface area contributed by atoms with Crippen LogP contribution in [0.4, 0.5) is 4.79 Å². The number of rotatable bonds is 14. The van der Waals surface area contributed by atoms with Crippen LogP contribution in [0.25, 0.3) is 0 Å². The summed E-state index contributed by atoms with van der Waals surface area (Å²) in [5, 5.41) is 2.73. The molecule has 1 aliphatic heterocycles. The zero-order valence-corrected chi connectivity index (χ0v) is 26.5. The third kappa shape index (κ3) is 9.61. The molecule has 0 bridgehead atoms. The molecule has 0 spiro atoms. The van der Waals surface area contributed by atoms with Gasteiger partial charge in [-0.2, -0.15) is 0 Å². The smallest absolute Gasteiger partial charge is 0.408 e. The van der Waals surface area contributed by atoms with E-state index in [1.807, 2.05) is 27.7 Å². The van der Waals surface area contributed by atoms with Crippen molar-refractivity contribution in [2.45, 2.75) is 117 Å². The molecular formula is C29H54N4O7. The molecule has 0 aromatic rings. The molecule has 0 radical (unpaired) electrons. The SMILES string of the molecule is CCC(C)C(C(CC(=O)N1CCCC1C(OC)C(C)C(N)=O)OC)N(C)C(=O)C(NC(=O)OC(C)(C)C)C(C)C. The van der Waals surface area contributed by atoms with Crippen molar-refractivity contribution in [2.24, 2.45) is 23.5 Å². The number of hydrogen-bond acceptors (Lipinski definition) is 7. The van der Waals surface area contributed by atoms with E-state index in [0.717, 1.165) is 12.8 Å². The second-order valence-electron chi connectivity index (χ2n) is 12.4. The van der Waals surface area contributed by atoms with Crippen LogP contribution >= 0.6 is 0 Å². The van der Waals surface area contributed by atoms with Crippen LogP contribution in [0.2, 0.25) is 0 Å². The fourth-order valence-corrected chi connectivity index (χ4v) is 5.49. The van der Waals surface area contributed by atoms with E-state index in [1.54, 1.807) is 51.7 Å². The largest absolute Gasteiger partial charge is 0.444 e. The van der Waals surface area contributed by atoms with Gasteiger partial charge in [0.25, 0.3) is 0 Å². The van der Waals surface area contributed by atoms with Gasteiger partial charge in [-0.15, -0.1) is 0 Å². The highest BCUT2D eigenvalue weighted by Gasteiger charge is 2.42. The third-order valence-electron chi connectivity index (χ3n) is 7.90. The van der Waals surface area contributed by atoms with Crippen molar-refractivity contribution >= 4 is 23.8 Å². The predicted octanol–water partition coefficient (Wildman–Crippen LogP) is 2.94. The minimum absolute atomic E-state index is 0.00276. The van der Waals surface area contributed by atoms with E-state index in [-0.39, 0.29) is 36.1 Å². The molecule has 232 valence electrons. The summed E-state index contributed by atoms with van der Waals surface area (Å²) in [4.78, 5) is 55.2. The van der Waals surface area contributed by atoms with Gasteiger partial charge >= 0.3 is 6.09 Å². The fourth-order valence-electron chi connectivity index (χ4n) is 5.49. The van der Waals surface area contributed by atoms with Gasteiger partial charge in [-0.05, 0) is 45.4 Å². The van der Waals surface area contributed by atoms with E-state index in [2.05, 4.69) is 5.32 Å². The van der Waals surface area contributed by atoms with E-state index < -0.39 is 47.8 Å². The first kappa shape index (κ1) is 35.6. The highest BCUT2D eigenvalue weighted by atomic mass is 16.6. The second kappa shape index (κ2) is 15.6. The van der Waals surface area contributed by atoms with Crippen LogP contribution in [0.15, 0.2) is 0 Å².